The summed E-state index contributed by atoms with van der Waals surface area (Å²) in [6.07, 6.45) is 0. The molecule has 2 aromatic carbocycles. The van der Waals surface area contributed by atoms with Crippen molar-refractivity contribution in [1.29, 1.82) is 0 Å². The third kappa shape index (κ3) is 5.20. The van der Waals surface area contributed by atoms with E-state index in [0.717, 1.165) is 0 Å². The molecule has 23 heavy (non-hydrogen) atoms. The Bertz CT molecular complexity index is 750. The smallest absolute Gasteiger partial charge is 0.338 e. The van der Waals surface area contributed by atoms with Gasteiger partial charge in [0.2, 0.25) is 0 Å². The van der Waals surface area contributed by atoms with E-state index in [1.807, 2.05) is 0 Å². The van der Waals surface area contributed by atoms with Gasteiger partial charge in [0.1, 0.15) is 5.82 Å². The number of carbonyl (C=O) groups is 2. The quantitative estimate of drug-likeness (QED) is 0.730. The molecule has 0 atom stereocenters. The molecule has 0 heterocycles. The van der Waals surface area contributed by atoms with E-state index in [1.165, 1.54) is 30.3 Å². The number of benzene rings is 2. The van der Waals surface area contributed by atoms with Gasteiger partial charge in [0, 0.05) is 14.5 Å². The van der Waals surface area contributed by atoms with E-state index in [1.54, 1.807) is 6.07 Å². The van der Waals surface area contributed by atoms with Gasteiger partial charge in [-0.3, -0.25) is 4.79 Å². The van der Waals surface area contributed by atoms with Crippen molar-refractivity contribution in [1.82, 2.24) is 0 Å². The van der Waals surface area contributed by atoms with Gasteiger partial charge in [-0.15, -0.1) is 0 Å². The number of ether oxygens (including phenoxy) is 1. The predicted octanol–water partition coefficient (Wildman–Crippen LogP) is 4.69. The first-order valence-corrected chi connectivity index (χ1v) is 7.78. The van der Waals surface area contributed by atoms with Gasteiger partial charge in [-0.25, -0.2) is 9.18 Å². The van der Waals surface area contributed by atoms with E-state index >= 15 is 0 Å². The molecule has 120 valence electrons. The van der Waals surface area contributed by atoms with Crippen molar-refractivity contribution >= 4 is 56.7 Å². The minimum Gasteiger partial charge on any atom is -0.452 e. The van der Waals surface area contributed by atoms with Crippen molar-refractivity contribution in [2.45, 2.75) is 0 Å². The largest absolute Gasteiger partial charge is 0.452 e. The van der Waals surface area contributed by atoms with Crippen LogP contribution in [0.25, 0.3) is 0 Å². The lowest BCUT2D eigenvalue weighted by molar-refractivity contribution is -0.119. The molecule has 0 spiro atoms. The fourth-order valence-corrected chi connectivity index (χ4v) is 2.52. The summed E-state index contributed by atoms with van der Waals surface area (Å²) in [5, 5.41) is 2.84. The van der Waals surface area contributed by atoms with Crippen LogP contribution in [0, 0.1) is 5.82 Å². The first-order chi connectivity index (χ1) is 10.8. The van der Waals surface area contributed by atoms with Crippen LogP contribution in [0.2, 0.25) is 10.0 Å². The molecule has 8 heteroatoms. The topological polar surface area (TPSA) is 55.4 Å². The number of hydrogen-bond donors (Lipinski definition) is 1. The Balaban J connectivity index is 1.94. The van der Waals surface area contributed by atoms with Crippen LogP contribution in [0.15, 0.2) is 40.9 Å². The van der Waals surface area contributed by atoms with E-state index in [9.17, 15) is 14.0 Å². The number of carbonyl (C=O) groups excluding carboxylic acids is 2. The Hall–Kier alpha value is -1.63. The molecule has 0 fully saturated rings. The third-order valence-electron chi connectivity index (χ3n) is 2.64. The highest BCUT2D eigenvalue weighted by molar-refractivity contribution is 9.10. The van der Waals surface area contributed by atoms with Crippen LogP contribution in [0.4, 0.5) is 10.1 Å². The number of nitrogens with one attached hydrogen (secondary N) is 1. The van der Waals surface area contributed by atoms with Crippen LogP contribution in [0.3, 0.4) is 0 Å². The monoisotopic (exact) mass is 419 g/mol. The average Bonchev–Trinajstić information content (AvgIpc) is 2.46. The molecular weight excluding hydrogens is 412 g/mol. The van der Waals surface area contributed by atoms with Crippen LogP contribution >= 0.6 is 39.1 Å². The number of rotatable bonds is 4. The molecule has 0 radical (unpaired) electrons. The normalized spacial score (nSPS) is 10.3. The second-order valence-electron chi connectivity index (χ2n) is 4.41. The highest BCUT2D eigenvalue weighted by Crippen LogP contribution is 2.20. The first-order valence-electron chi connectivity index (χ1n) is 6.23. The van der Waals surface area contributed by atoms with Crippen LogP contribution < -0.4 is 5.32 Å². The standard InChI is InChI=1S/C15H9BrCl2FNO3/c16-9-1-2-13(12(19)5-9)20-14(21)7-23-15(22)8-3-10(17)6-11(18)4-8/h1-6H,7H2,(H,20,21). The van der Waals surface area contributed by atoms with Gasteiger partial charge >= 0.3 is 5.97 Å². The molecule has 0 saturated heterocycles. The summed E-state index contributed by atoms with van der Waals surface area (Å²) in [6, 6.07) is 8.34. The van der Waals surface area contributed by atoms with Gasteiger partial charge in [-0.05, 0) is 36.4 Å². The number of amides is 1. The number of hydrogen-bond acceptors (Lipinski definition) is 3. The zero-order valence-electron chi connectivity index (χ0n) is 11.4. The van der Waals surface area contributed by atoms with Crippen molar-refractivity contribution in [2.24, 2.45) is 0 Å². The predicted molar refractivity (Wildman–Crippen MR) is 89.5 cm³/mol. The molecule has 0 bridgehead atoms. The van der Waals surface area contributed by atoms with Gasteiger partial charge in [-0.2, -0.15) is 0 Å². The van der Waals surface area contributed by atoms with E-state index in [2.05, 4.69) is 21.2 Å². The SMILES string of the molecule is O=C(COC(=O)c1cc(Cl)cc(Cl)c1)Nc1ccc(Br)cc1F. The van der Waals surface area contributed by atoms with Gasteiger partial charge < -0.3 is 10.1 Å². The fourth-order valence-electron chi connectivity index (χ4n) is 1.66. The summed E-state index contributed by atoms with van der Waals surface area (Å²) in [4.78, 5) is 23.5. The number of anilines is 1. The maximum Gasteiger partial charge on any atom is 0.338 e. The van der Waals surface area contributed by atoms with E-state index in [-0.39, 0.29) is 21.3 Å². The van der Waals surface area contributed by atoms with Gasteiger partial charge in [0.05, 0.1) is 11.3 Å². The Labute approximate surface area is 149 Å². The molecule has 0 unspecified atom stereocenters. The Morgan fingerprint density at radius 3 is 2.39 bits per heavy atom. The summed E-state index contributed by atoms with van der Waals surface area (Å²) >= 11 is 14.7. The molecule has 1 N–H and O–H groups in total. The third-order valence-corrected chi connectivity index (χ3v) is 3.57. The summed E-state index contributed by atoms with van der Waals surface area (Å²) in [5.74, 6) is -2.05. The molecule has 4 nitrogen and oxygen atoms in total. The minimum absolute atomic E-state index is 0.0138. The van der Waals surface area contributed by atoms with Crippen molar-refractivity contribution in [3.8, 4) is 0 Å². The number of halogens is 4. The molecule has 1 amide bonds. The maximum absolute atomic E-state index is 13.6. The van der Waals surface area contributed by atoms with E-state index in [4.69, 9.17) is 27.9 Å². The molecule has 0 aliphatic carbocycles. The zero-order valence-corrected chi connectivity index (χ0v) is 14.5. The zero-order chi connectivity index (χ0) is 17.0. The Morgan fingerprint density at radius 2 is 1.78 bits per heavy atom. The summed E-state index contributed by atoms with van der Waals surface area (Å²) < 4.78 is 19.0. The van der Waals surface area contributed by atoms with Crippen LogP contribution in [0.1, 0.15) is 10.4 Å². The average molecular weight is 421 g/mol. The molecule has 0 aromatic heterocycles. The van der Waals surface area contributed by atoms with Crippen molar-refractivity contribution in [3.63, 3.8) is 0 Å². The molecular formula is C15H9BrCl2FNO3. The molecule has 0 saturated carbocycles. The highest BCUT2D eigenvalue weighted by atomic mass is 79.9. The van der Waals surface area contributed by atoms with Crippen LogP contribution in [-0.4, -0.2) is 18.5 Å². The second kappa shape index (κ2) is 7.77. The Morgan fingerprint density at radius 1 is 1.13 bits per heavy atom. The lowest BCUT2D eigenvalue weighted by atomic mass is 10.2. The highest BCUT2D eigenvalue weighted by Gasteiger charge is 2.13. The Kier molecular flexibility index (Phi) is 5.98. The van der Waals surface area contributed by atoms with Crippen LogP contribution in [0.5, 0.6) is 0 Å². The summed E-state index contributed by atoms with van der Waals surface area (Å²) in [7, 11) is 0. The summed E-state index contributed by atoms with van der Waals surface area (Å²) in [5.41, 5.74) is 0.102. The van der Waals surface area contributed by atoms with Gasteiger partial charge in [0.25, 0.3) is 5.91 Å². The molecule has 0 aliphatic heterocycles. The van der Waals surface area contributed by atoms with Crippen molar-refractivity contribution in [3.05, 3.63) is 62.3 Å². The lowest BCUT2D eigenvalue weighted by Crippen LogP contribution is -2.21. The van der Waals surface area contributed by atoms with Crippen LogP contribution in [-0.2, 0) is 9.53 Å². The molecule has 0 aliphatic rings. The molecule has 2 rings (SSSR count). The lowest BCUT2D eigenvalue weighted by Gasteiger charge is -2.08. The number of esters is 1. The van der Waals surface area contributed by atoms with E-state index < -0.39 is 24.3 Å². The minimum atomic E-state index is -0.763. The van der Waals surface area contributed by atoms with Crippen molar-refractivity contribution < 1.29 is 18.7 Å². The van der Waals surface area contributed by atoms with Gasteiger partial charge in [-0.1, -0.05) is 39.1 Å². The van der Waals surface area contributed by atoms with Crippen molar-refractivity contribution in [2.75, 3.05) is 11.9 Å². The summed E-state index contributed by atoms with van der Waals surface area (Å²) in [6.45, 7) is -0.571. The second-order valence-corrected chi connectivity index (χ2v) is 6.20. The fraction of sp³-hybridized carbons (Fsp3) is 0.0667. The van der Waals surface area contributed by atoms with Gasteiger partial charge in [0.15, 0.2) is 6.61 Å². The van der Waals surface area contributed by atoms with E-state index in [0.29, 0.717) is 4.47 Å². The maximum atomic E-state index is 13.6. The molecule has 2 aromatic rings. The first kappa shape index (κ1) is 17.7.